The van der Waals surface area contributed by atoms with Crippen molar-refractivity contribution in [3.8, 4) is 5.75 Å². The predicted molar refractivity (Wildman–Crippen MR) is 99.5 cm³/mol. The van der Waals surface area contributed by atoms with Crippen molar-refractivity contribution in [1.82, 2.24) is 4.98 Å². The molecular formula is C20H18N2O3. The topological polar surface area (TPSA) is 65.3 Å². The Hall–Kier alpha value is -3.21. The first-order valence-electron chi connectivity index (χ1n) is 8.02. The lowest BCUT2D eigenvalue weighted by Gasteiger charge is -2.09. The Kier molecular flexibility index (Phi) is 4.75. The van der Waals surface area contributed by atoms with Crippen molar-refractivity contribution in [3.63, 3.8) is 0 Å². The van der Waals surface area contributed by atoms with Crippen LogP contribution in [0.2, 0.25) is 0 Å². The summed E-state index contributed by atoms with van der Waals surface area (Å²) in [5.74, 6) is 0.826. The van der Waals surface area contributed by atoms with Gasteiger partial charge in [-0.2, -0.15) is 0 Å². The summed E-state index contributed by atoms with van der Waals surface area (Å²) in [4.78, 5) is 15.2. The van der Waals surface area contributed by atoms with E-state index in [1.807, 2.05) is 68.5 Å². The number of hydrogen-bond acceptors (Lipinski definition) is 4. The minimum atomic E-state index is -0.406. The van der Waals surface area contributed by atoms with Crippen LogP contribution in [-0.4, -0.2) is 16.0 Å². The Morgan fingerprint density at radius 1 is 1.04 bits per heavy atom. The standard InChI is InChI=1S/C20H18N2O3/c1-14(2)25-18-12-7-15(8-13-18)6-10-17-11-9-16-4-3-5-19(22(23)24)20(16)21-17/h3-14H,1-2H3/b10-6+. The zero-order chi connectivity index (χ0) is 17.8. The Balaban J connectivity index is 1.86. The summed E-state index contributed by atoms with van der Waals surface area (Å²) in [5, 5.41) is 11.9. The lowest BCUT2D eigenvalue weighted by molar-refractivity contribution is -0.383. The molecule has 5 heteroatoms. The van der Waals surface area contributed by atoms with Gasteiger partial charge in [-0.05, 0) is 43.7 Å². The van der Waals surface area contributed by atoms with Crippen molar-refractivity contribution in [2.45, 2.75) is 20.0 Å². The first-order chi connectivity index (χ1) is 12.0. The van der Waals surface area contributed by atoms with Gasteiger partial charge in [-0.1, -0.05) is 36.4 Å². The van der Waals surface area contributed by atoms with Crippen molar-refractivity contribution >= 4 is 28.7 Å². The van der Waals surface area contributed by atoms with E-state index < -0.39 is 4.92 Å². The van der Waals surface area contributed by atoms with E-state index in [1.165, 1.54) is 6.07 Å². The van der Waals surface area contributed by atoms with Crippen LogP contribution in [0.1, 0.15) is 25.1 Å². The average molecular weight is 334 g/mol. The summed E-state index contributed by atoms with van der Waals surface area (Å²) in [6, 6.07) is 16.4. The molecule has 126 valence electrons. The Labute approximate surface area is 145 Å². The maximum Gasteiger partial charge on any atom is 0.295 e. The lowest BCUT2D eigenvalue weighted by atomic mass is 10.1. The van der Waals surface area contributed by atoms with Crippen molar-refractivity contribution in [3.05, 3.63) is 76.0 Å². The normalized spacial score (nSPS) is 11.3. The molecule has 5 nitrogen and oxygen atoms in total. The maximum absolute atomic E-state index is 11.1. The number of nitro groups is 1. The highest BCUT2D eigenvalue weighted by atomic mass is 16.6. The van der Waals surface area contributed by atoms with Gasteiger partial charge < -0.3 is 4.74 Å². The van der Waals surface area contributed by atoms with E-state index in [-0.39, 0.29) is 11.8 Å². The summed E-state index contributed by atoms with van der Waals surface area (Å²) >= 11 is 0. The monoisotopic (exact) mass is 334 g/mol. The highest BCUT2D eigenvalue weighted by Gasteiger charge is 2.12. The number of nitrogens with zero attached hydrogens (tertiary/aromatic N) is 2. The SMILES string of the molecule is CC(C)Oc1ccc(/C=C/c2ccc3cccc([N+](=O)[O-])c3n2)cc1. The van der Waals surface area contributed by atoms with Crippen molar-refractivity contribution in [2.75, 3.05) is 0 Å². The zero-order valence-corrected chi connectivity index (χ0v) is 14.0. The first-order valence-corrected chi connectivity index (χ1v) is 8.02. The molecule has 3 aromatic rings. The van der Waals surface area contributed by atoms with Crippen LogP contribution in [0.5, 0.6) is 5.75 Å². The number of para-hydroxylation sites is 1. The van der Waals surface area contributed by atoms with Crippen molar-refractivity contribution in [1.29, 1.82) is 0 Å². The predicted octanol–water partition coefficient (Wildman–Crippen LogP) is 5.10. The van der Waals surface area contributed by atoms with E-state index >= 15 is 0 Å². The van der Waals surface area contributed by atoms with Gasteiger partial charge in [0.2, 0.25) is 0 Å². The smallest absolute Gasteiger partial charge is 0.295 e. The third-order valence-electron chi connectivity index (χ3n) is 3.62. The van der Waals surface area contributed by atoms with Crippen LogP contribution in [0.15, 0.2) is 54.6 Å². The van der Waals surface area contributed by atoms with Crippen LogP contribution in [0.4, 0.5) is 5.69 Å². The number of fused-ring (bicyclic) bond motifs is 1. The molecule has 0 N–H and O–H groups in total. The minimum Gasteiger partial charge on any atom is -0.491 e. The Morgan fingerprint density at radius 3 is 2.48 bits per heavy atom. The molecule has 0 atom stereocenters. The second-order valence-corrected chi connectivity index (χ2v) is 5.91. The zero-order valence-electron chi connectivity index (χ0n) is 14.0. The van der Waals surface area contributed by atoms with Gasteiger partial charge >= 0.3 is 0 Å². The number of pyridine rings is 1. The van der Waals surface area contributed by atoms with Gasteiger partial charge in [-0.15, -0.1) is 0 Å². The van der Waals surface area contributed by atoms with E-state index in [1.54, 1.807) is 6.07 Å². The molecule has 0 unspecified atom stereocenters. The van der Waals surface area contributed by atoms with Crippen LogP contribution in [0.25, 0.3) is 23.1 Å². The molecule has 0 saturated heterocycles. The Bertz CT molecular complexity index is 931. The molecule has 3 rings (SSSR count). The van der Waals surface area contributed by atoms with Gasteiger partial charge in [0, 0.05) is 11.5 Å². The van der Waals surface area contributed by atoms with Crippen LogP contribution in [0, 0.1) is 10.1 Å². The van der Waals surface area contributed by atoms with Crippen LogP contribution < -0.4 is 4.74 Å². The fourth-order valence-electron chi connectivity index (χ4n) is 2.50. The molecule has 0 radical (unpaired) electrons. The van der Waals surface area contributed by atoms with E-state index in [4.69, 9.17) is 4.74 Å². The highest BCUT2D eigenvalue weighted by Crippen LogP contribution is 2.24. The third-order valence-corrected chi connectivity index (χ3v) is 3.62. The molecule has 0 fully saturated rings. The summed E-state index contributed by atoms with van der Waals surface area (Å²) in [5.41, 5.74) is 2.09. The molecule has 0 spiro atoms. The second-order valence-electron chi connectivity index (χ2n) is 5.91. The second kappa shape index (κ2) is 7.13. The molecule has 1 heterocycles. The van der Waals surface area contributed by atoms with Crippen LogP contribution in [0.3, 0.4) is 0 Å². The molecule has 0 amide bonds. The van der Waals surface area contributed by atoms with E-state index in [2.05, 4.69) is 4.98 Å². The van der Waals surface area contributed by atoms with Crippen LogP contribution in [-0.2, 0) is 0 Å². The summed E-state index contributed by atoms with van der Waals surface area (Å²) in [7, 11) is 0. The molecule has 0 aliphatic carbocycles. The third kappa shape index (κ3) is 4.01. The first kappa shape index (κ1) is 16.6. The van der Waals surface area contributed by atoms with Crippen LogP contribution >= 0.6 is 0 Å². The number of rotatable bonds is 5. The molecule has 0 bridgehead atoms. The summed E-state index contributed by atoms with van der Waals surface area (Å²) in [6.07, 6.45) is 3.90. The molecule has 25 heavy (non-hydrogen) atoms. The fourth-order valence-corrected chi connectivity index (χ4v) is 2.50. The molecule has 1 aromatic heterocycles. The molecule has 0 aliphatic heterocycles. The maximum atomic E-state index is 11.1. The largest absolute Gasteiger partial charge is 0.491 e. The molecular weight excluding hydrogens is 316 g/mol. The van der Waals surface area contributed by atoms with Gasteiger partial charge in [0.15, 0.2) is 0 Å². The number of nitro benzene ring substituents is 1. The van der Waals surface area contributed by atoms with E-state index in [9.17, 15) is 10.1 Å². The van der Waals surface area contributed by atoms with Gasteiger partial charge in [-0.25, -0.2) is 4.98 Å². The van der Waals surface area contributed by atoms with Crippen molar-refractivity contribution < 1.29 is 9.66 Å². The summed E-state index contributed by atoms with van der Waals surface area (Å²) < 4.78 is 5.62. The Morgan fingerprint density at radius 2 is 1.80 bits per heavy atom. The number of benzene rings is 2. The van der Waals surface area contributed by atoms with Gasteiger partial charge in [-0.3, -0.25) is 10.1 Å². The number of non-ortho nitro benzene ring substituents is 1. The van der Waals surface area contributed by atoms with E-state index in [0.29, 0.717) is 11.2 Å². The van der Waals surface area contributed by atoms with Gasteiger partial charge in [0.05, 0.1) is 16.7 Å². The number of aromatic nitrogens is 1. The average Bonchev–Trinajstić information content (AvgIpc) is 2.60. The molecule has 0 saturated carbocycles. The highest BCUT2D eigenvalue weighted by molar-refractivity contribution is 5.88. The van der Waals surface area contributed by atoms with Gasteiger partial charge in [0.25, 0.3) is 5.69 Å². The van der Waals surface area contributed by atoms with Crippen molar-refractivity contribution in [2.24, 2.45) is 0 Å². The van der Waals surface area contributed by atoms with E-state index in [0.717, 1.165) is 16.7 Å². The quantitative estimate of drug-likeness (QED) is 0.481. The fraction of sp³-hybridized carbons (Fsp3) is 0.150. The molecule has 0 aliphatic rings. The molecule has 2 aromatic carbocycles. The minimum absolute atomic E-state index is 0.0166. The number of hydrogen-bond donors (Lipinski definition) is 0. The number of ether oxygens (including phenoxy) is 1. The van der Waals surface area contributed by atoms with Gasteiger partial charge in [0.1, 0.15) is 11.3 Å². The summed E-state index contributed by atoms with van der Waals surface area (Å²) in [6.45, 7) is 3.97. The lowest BCUT2D eigenvalue weighted by Crippen LogP contribution is -2.05.